The van der Waals surface area contributed by atoms with E-state index >= 15 is 0 Å². The summed E-state index contributed by atoms with van der Waals surface area (Å²) in [5, 5.41) is 9.55. The van der Waals surface area contributed by atoms with Crippen molar-refractivity contribution in [1.29, 1.82) is 0 Å². The van der Waals surface area contributed by atoms with Gasteiger partial charge in [0.15, 0.2) is 5.78 Å². The molecule has 1 aromatic carbocycles. The van der Waals surface area contributed by atoms with Crippen LogP contribution in [0.5, 0.6) is 5.75 Å². The zero-order valence-electron chi connectivity index (χ0n) is 9.58. The van der Waals surface area contributed by atoms with Gasteiger partial charge in [-0.1, -0.05) is 25.5 Å². The van der Waals surface area contributed by atoms with Crippen LogP contribution in [-0.2, 0) is 0 Å². The molecular formula is C13H18O2. The number of hydrogen-bond donors (Lipinski definition) is 1. The van der Waals surface area contributed by atoms with Crippen molar-refractivity contribution >= 4 is 5.78 Å². The Morgan fingerprint density at radius 1 is 1.40 bits per heavy atom. The second-order valence-corrected chi connectivity index (χ2v) is 4.38. The normalized spacial score (nSPS) is 10.7. The number of rotatable bonds is 4. The first-order valence-corrected chi connectivity index (χ1v) is 5.33. The molecular weight excluding hydrogens is 188 g/mol. The van der Waals surface area contributed by atoms with E-state index in [4.69, 9.17) is 0 Å². The SMILES string of the molecule is Cc1ccc(O)c(C(=O)CCC(C)C)c1. The lowest BCUT2D eigenvalue weighted by atomic mass is 9.99. The standard InChI is InChI=1S/C13H18O2/c1-9(2)4-6-12(14)11-8-10(3)5-7-13(11)15/h5,7-9,15H,4,6H2,1-3H3. The van der Waals surface area contributed by atoms with Crippen LogP contribution in [0.15, 0.2) is 18.2 Å². The molecule has 0 saturated heterocycles. The van der Waals surface area contributed by atoms with Crippen LogP contribution in [0.3, 0.4) is 0 Å². The largest absolute Gasteiger partial charge is 0.507 e. The number of ketones is 1. The van der Waals surface area contributed by atoms with Gasteiger partial charge < -0.3 is 5.11 Å². The third-order valence-electron chi connectivity index (χ3n) is 2.40. The van der Waals surface area contributed by atoms with E-state index in [-0.39, 0.29) is 11.5 Å². The van der Waals surface area contributed by atoms with Gasteiger partial charge in [-0.05, 0) is 31.4 Å². The fourth-order valence-corrected chi connectivity index (χ4v) is 1.43. The lowest BCUT2D eigenvalue weighted by molar-refractivity contribution is 0.0973. The fraction of sp³-hybridized carbons (Fsp3) is 0.462. The Labute approximate surface area is 90.9 Å². The van der Waals surface area contributed by atoms with Crippen molar-refractivity contribution in [3.05, 3.63) is 29.3 Å². The predicted molar refractivity (Wildman–Crippen MR) is 61.2 cm³/mol. The maximum absolute atomic E-state index is 11.8. The summed E-state index contributed by atoms with van der Waals surface area (Å²) < 4.78 is 0. The molecule has 1 rings (SSSR count). The zero-order chi connectivity index (χ0) is 11.4. The number of carbonyl (C=O) groups excluding carboxylic acids is 1. The lowest BCUT2D eigenvalue weighted by Crippen LogP contribution is -2.02. The van der Waals surface area contributed by atoms with E-state index in [1.807, 2.05) is 6.92 Å². The summed E-state index contributed by atoms with van der Waals surface area (Å²) in [4.78, 5) is 11.8. The van der Waals surface area contributed by atoms with E-state index in [0.29, 0.717) is 17.9 Å². The fourth-order valence-electron chi connectivity index (χ4n) is 1.43. The zero-order valence-corrected chi connectivity index (χ0v) is 9.58. The van der Waals surface area contributed by atoms with Crippen LogP contribution in [0, 0.1) is 12.8 Å². The third-order valence-corrected chi connectivity index (χ3v) is 2.40. The monoisotopic (exact) mass is 206 g/mol. The minimum atomic E-state index is 0.0323. The molecule has 0 heterocycles. The van der Waals surface area contributed by atoms with Gasteiger partial charge in [-0.3, -0.25) is 4.79 Å². The minimum absolute atomic E-state index is 0.0323. The Bertz CT molecular complexity index is 354. The van der Waals surface area contributed by atoms with E-state index in [9.17, 15) is 9.90 Å². The van der Waals surface area contributed by atoms with Gasteiger partial charge in [0.2, 0.25) is 0 Å². The first kappa shape index (κ1) is 11.8. The maximum atomic E-state index is 11.8. The predicted octanol–water partition coefficient (Wildman–Crippen LogP) is 3.32. The van der Waals surface area contributed by atoms with Crippen molar-refractivity contribution in [3.8, 4) is 5.75 Å². The number of aromatic hydroxyl groups is 1. The summed E-state index contributed by atoms with van der Waals surface area (Å²) >= 11 is 0. The van der Waals surface area contributed by atoms with Crippen molar-refractivity contribution in [2.45, 2.75) is 33.6 Å². The van der Waals surface area contributed by atoms with Crippen LogP contribution >= 0.6 is 0 Å². The van der Waals surface area contributed by atoms with Crippen LogP contribution in [0.2, 0.25) is 0 Å². The van der Waals surface area contributed by atoms with Gasteiger partial charge in [-0.15, -0.1) is 0 Å². The average molecular weight is 206 g/mol. The summed E-state index contributed by atoms with van der Waals surface area (Å²) in [6.45, 7) is 6.09. The summed E-state index contributed by atoms with van der Waals surface area (Å²) in [5.74, 6) is 0.639. The Morgan fingerprint density at radius 3 is 2.67 bits per heavy atom. The number of hydrogen-bond acceptors (Lipinski definition) is 2. The number of aryl methyl sites for hydroxylation is 1. The second-order valence-electron chi connectivity index (χ2n) is 4.38. The smallest absolute Gasteiger partial charge is 0.166 e. The number of phenols is 1. The topological polar surface area (TPSA) is 37.3 Å². The third kappa shape index (κ3) is 3.39. The lowest BCUT2D eigenvalue weighted by Gasteiger charge is -2.06. The molecule has 0 fully saturated rings. The summed E-state index contributed by atoms with van der Waals surface area (Å²) in [7, 11) is 0. The van der Waals surface area contributed by atoms with Crippen molar-refractivity contribution in [2.24, 2.45) is 5.92 Å². The van der Waals surface area contributed by atoms with Crippen molar-refractivity contribution in [1.82, 2.24) is 0 Å². The summed E-state index contributed by atoms with van der Waals surface area (Å²) in [6, 6.07) is 5.13. The molecule has 0 amide bonds. The number of benzene rings is 1. The number of Topliss-reactive ketones (excluding diaryl/α,β-unsaturated/α-hetero) is 1. The molecule has 0 saturated carbocycles. The van der Waals surface area contributed by atoms with Crippen LogP contribution in [-0.4, -0.2) is 10.9 Å². The van der Waals surface area contributed by atoms with Crippen molar-refractivity contribution in [2.75, 3.05) is 0 Å². The minimum Gasteiger partial charge on any atom is -0.507 e. The second kappa shape index (κ2) is 4.96. The average Bonchev–Trinajstić information content (AvgIpc) is 2.18. The molecule has 0 spiro atoms. The molecule has 0 aliphatic carbocycles. The molecule has 0 aromatic heterocycles. The van der Waals surface area contributed by atoms with E-state index in [0.717, 1.165) is 12.0 Å². The van der Waals surface area contributed by atoms with Gasteiger partial charge in [-0.2, -0.15) is 0 Å². The van der Waals surface area contributed by atoms with Crippen molar-refractivity contribution in [3.63, 3.8) is 0 Å². The Balaban J connectivity index is 2.77. The van der Waals surface area contributed by atoms with Crippen molar-refractivity contribution < 1.29 is 9.90 Å². The van der Waals surface area contributed by atoms with Gasteiger partial charge in [0.1, 0.15) is 5.75 Å². The highest BCUT2D eigenvalue weighted by atomic mass is 16.3. The summed E-state index contributed by atoms with van der Waals surface area (Å²) in [5.41, 5.74) is 1.45. The van der Waals surface area contributed by atoms with E-state index in [2.05, 4.69) is 13.8 Å². The molecule has 15 heavy (non-hydrogen) atoms. The first-order valence-electron chi connectivity index (χ1n) is 5.33. The quantitative estimate of drug-likeness (QED) is 0.767. The molecule has 0 unspecified atom stereocenters. The molecule has 82 valence electrons. The molecule has 0 aliphatic heterocycles. The van der Waals surface area contributed by atoms with E-state index in [1.54, 1.807) is 18.2 Å². The van der Waals surface area contributed by atoms with Gasteiger partial charge in [0, 0.05) is 6.42 Å². The van der Waals surface area contributed by atoms with E-state index < -0.39 is 0 Å². The highest BCUT2D eigenvalue weighted by Crippen LogP contribution is 2.21. The number of carbonyl (C=O) groups is 1. The highest BCUT2D eigenvalue weighted by Gasteiger charge is 2.11. The molecule has 1 N–H and O–H groups in total. The molecule has 2 nitrogen and oxygen atoms in total. The van der Waals surface area contributed by atoms with Gasteiger partial charge in [0.25, 0.3) is 0 Å². The molecule has 0 bridgehead atoms. The van der Waals surface area contributed by atoms with Crippen LogP contribution < -0.4 is 0 Å². The summed E-state index contributed by atoms with van der Waals surface area (Å²) in [6.07, 6.45) is 1.38. The van der Waals surface area contributed by atoms with E-state index in [1.165, 1.54) is 0 Å². The highest BCUT2D eigenvalue weighted by molar-refractivity contribution is 5.98. The van der Waals surface area contributed by atoms with Gasteiger partial charge in [0.05, 0.1) is 5.56 Å². The molecule has 2 heteroatoms. The molecule has 0 atom stereocenters. The molecule has 0 radical (unpaired) electrons. The Hall–Kier alpha value is -1.31. The first-order chi connectivity index (χ1) is 7.00. The maximum Gasteiger partial charge on any atom is 0.166 e. The molecule has 0 aliphatic rings. The Kier molecular flexibility index (Phi) is 3.89. The number of phenolic OH excluding ortho intramolecular Hbond substituents is 1. The van der Waals surface area contributed by atoms with Crippen LogP contribution in [0.4, 0.5) is 0 Å². The Morgan fingerprint density at radius 2 is 2.07 bits per heavy atom. The molecule has 1 aromatic rings. The van der Waals surface area contributed by atoms with Gasteiger partial charge >= 0.3 is 0 Å². The van der Waals surface area contributed by atoms with Crippen LogP contribution in [0.1, 0.15) is 42.6 Å². The van der Waals surface area contributed by atoms with Crippen LogP contribution in [0.25, 0.3) is 0 Å². The van der Waals surface area contributed by atoms with Gasteiger partial charge in [-0.25, -0.2) is 0 Å².